The highest BCUT2D eigenvalue weighted by Gasteiger charge is 2.56. The monoisotopic (exact) mass is 804 g/mol. The van der Waals surface area contributed by atoms with Crippen LogP contribution in [0.25, 0.3) is 0 Å². The quantitative estimate of drug-likeness (QED) is 0.243. The number of halogens is 1. The number of rotatable bonds is 10. The van der Waals surface area contributed by atoms with Gasteiger partial charge in [-0.05, 0) is 44.8 Å². The molecule has 4 aliphatic heterocycles. The first-order valence-corrected chi connectivity index (χ1v) is 18.6. The second-order valence-electron chi connectivity index (χ2n) is 14.6. The Bertz CT molecular complexity index is 1300. The molecule has 0 saturated carbocycles. The summed E-state index contributed by atoms with van der Waals surface area (Å²) in [4.78, 5) is 29.1. The second kappa shape index (κ2) is 18.4. The van der Waals surface area contributed by atoms with Crippen LogP contribution in [0.15, 0.2) is 34.9 Å². The zero-order valence-corrected chi connectivity index (χ0v) is 33.3. The summed E-state index contributed by atoms with van der Waals surface area (Å²) < 4.78 is 60.6. The van der Waals surface area contributed by atoms with E-state index in [0.29, 0.717) is 6.42 Å². The molecule has 4 heterocycles. The lowest BCUT2D eigenvalue weighted by Gasteiger charge is -2.50. The molecule has 4 aliphatic rings. The molecule has 3 saturated heterocycles. The SMILES string of the molecule is COC1C(C)OC(OC2C(OC)C(C)OC(OC3CC4OC(O)(C3)C(C)C(=O)OC(C=CC=CBr)CC(C)=CC(=O)C4(C)C)C2OC)C(OC)C1O. The van der Waals surface area contributed by atoms with Crippen molar-refractivity contribution in [2.45, 2.75) is 146 Å². The Kier molecular flexibility index (Phi) is 15.2. The number of aliphatic hydroxyl groups is 2. The van der Waals surface area contributed by atoms with Gasteiger partial charge >= 0.3 is 5.97 Å². The molecule has 0 aliphatic carbocycles. The minimum absolute atomic E-state index is 0.144. The summed E-state index contributed by atoms with van der Waals surface area (Å²) in [6.07, 6.45) is -3.51. The van der Waals surface area contributed by atoms with Crippen molar-refractivity contribution in [3.63, 3.8) is 0 Å². The smallest absolute Gasteiger partial charge is 0.314 e. The molecular weight excluding hydrogens is 748 g/mol. The number of ether oxygens (including phenoxy) is 10. The number of carbonyl (C=O) groups excluding carboxylic acids is 2. The van der Waals surface area contributed by atoms with Crippen LogP contribution < -0.4 is 0 Å². The van der Waals surface area contributed by atoms with E-state index in [-0.39, 0.29) is 18.6 Å². The summed E-state index contributed by atoms with van der Waals surface area (Å²) in [5.74, 6) is -4.10. The van der Waals surface area contributed by atoms with Gasteiger partial charge in [0.15, 0.2) is 24.2 Å². The topological polar surface area (TPSA) is 167 Å². The second-order valence-corrected chi connectivity index (χ2v) is 15.2. The molecule has 52 heavy (non-hydrogen) atoms. The number of aliphatic hydroxyl groups excluding tert-OH is 1. The zero-order chi connectivity index (χ0) is 38.5. The van der Waals surface area contributed by atoms with Crippen LogP contribution in [0.4, 0.5) is 0 Å². The van der Waals surface area contributed by atoms with Crippen molar-refractivity contribution < 1.29 is 67.2 Å². The fourth-order valence-electron chi connectivity index (χ4n) is 7.41. The first-order valence-electron chi connectivity index (χ1n) is 17.7. The molecule has 296 valence electrons. The third-order valence-corrected chi connectivity index (χ3v) is 11.0. The molecule has 4 rings (SSSR count). The maximum absolute atomic E-state index is 13.8. The van der Waals surface area contributed by atoms with Crippen LogP contribution in [-0.4, -0.2) is 136 Å². The van der Waals surface area contributed by atoms with Gasteiger partial charge in [-0.1, -0.05) is 47.5 Å². The van der Waals surface area contributed by atoms with Gasteiger partial charge in [-0.3, -0.25) is 9.59 Å². The molecule has 2 N–H and O–H groups in total. The lowest BCUT2D eigenvalue weighted by atomic mass is 9.75. The number of ketones is 1. The van der Waals surface area contributed by atoms with Crippen LogP contribution in [0.3, 0.4) is 0 Å². The van der Waals surface area contributed by atoms with E-state index in [0.717, 1.165) is 5.57 Å². The van der Waals surface area contributed by atoms with E-state index in [2.05, 4.69) is 15.9 Å². The minimum atomic E-state index is -2.07. The summed E-state index contributed by atoms with van der Waals surface area (Å²) in [5.41, 5.74) is -0.400. The van der Waals surface area contributed by atoms with Crippen molar-refractivity contribution in [1.29, 1.82) is 0 Å². The van der Waals surface area contributed by atoms with Gasteiger partial charge in [0.1, 0.15) is 48.6 Å². The molecule has 0 aromatic carbocycles. The number of esters is 1. The Morgan fingerprint density at radius 3 is 2.06 bits per heavy atom. The maximum atomic E-state index is 13.8. The molecule has 0 radical (unpaired) electrons. The van der Waals surface area contributed by atoms with Gasteiger partial charge in [-0.15, -0.1) is 0 Å². The molecule has 0 aromatic heterocycles. The molecule has 3 fully saturated rings. The molecule has 15 heteroatoms. The van der Waals surface area contributed by atoms with E-state index >= 15 is 0 Å². The van der Waals surface area contributed by atoms with E-state index < -0.39 is 103 Å². The molecule has 0 spiro atoms. The van der Waals surface area contributed by atoms with Gasteiger partial charge in [-0.25, -0.2) is 0 Å². The van der Waals surface area contributed by atoms with E-state index in [1.54, 1.807) is 57.0 Å². The normalized spacial score (nSPS) is 43.5. The molecule has 14 nitrogen and oxygen atoms in total. The largest absolute Gasteiger partial charge is 0.457 e. The average Bonchev–Trinajstić information content (AvgIpc) is 3.07. The molecule has 0 aromatic rings. The predicted octanol–water partition coefficient (Wildman–Crippen LogP) is 3.49. The van der Waals surface area contributed by atoms with E-state index in [1.807, 2.05) is 6.92 Å². The average molecular weight is 806 g/mol. The number of methoxy groups -OCH3 is 4. The van der Waals surface area contributed by atoms with Gasteiger partial charge in [0.25, 0.3) is 0 Å². The highest BCUT2D eigenvalue weighted by Crippen LogP contribution is 2.44. The number of fused-ring (bicyclic) bond motifs is 2. The van der Waals surface area contributed by atoms with E-state index in [1.165, 1.54) is 35.4 Å². The summed E-state index contributed by atoms with van der Waals surface area (Å²) in [6.45, 7) is 10.4. The fourth-order valence-corrected chi connectivity index (χ4v) is 7.59. The van der Waals surface area contributed by atoms with Gasteiger partial charge in [0.05, 0.1) is 29.8 Å². The van der Waals surface area contributed by atoms with E-state index in [4.69, 9.17) is 47.4 Å². The molecule has 15 atom stereocenters. The van der Waals surface area contributed by atoms with E-state index in [9.17, 15) is 19.8 Å². The number of cyclic esters (lactones) is 1. The van der Waals surface area contributed by atoms with Gasteiger partial charge in [-0.2, -0.15) is 0 Å². The first-order chi connectivity index (χ1) is 24.5. The van der Waals surface area contributed by atoms with Crippen LogP contribution in [0.5, 0.6) is 0 Å². The van der Waals surface area contributed by atoms with Crippen LogP contribution in [0.1, 0.15) is 60.8 Å². The maximum Gasteiger partial charge on any atom is 0.314 e. The molecule has 15 unspecified atom stereocenters. The van der Waals surface area contributed by atoms with Gasteiger partial charge in [0, 0.05) is 47.7 Å². The van der Waals surface area contributed by atoms with Gasteiger partial charge < -0.3 is 57.6 Å². The minimum Gasteiger partial charge on any atom is -0.457 e. The summed E-state index contributed by atoms with van der Waals surface area (Å²) in [6, 6.07) is 0. The highest BCUT2D eigenvalue weighted by atomic mass is 79.9. The van der Waals surface area contributed by atoms with Crippen molar-refractivity contribution in [3.8, 4) is 0 Å². The lowest BCUT2D eigenvalue weighted by molar-refractivity contribution is -0.374. The first kappa shape index (κ1) is 43.1. The molecular formula is C37H57BrO14. The molecule has 0 amide bonds. The predicted molar refractivity (Wildman–Crippen MR) is 190 cm³/mol. The van der Waals surface area contributed by atoms with Crippen molar-refractivity contribution in [2.75, 3.05) is 28.4 Å². The third kappa shape index (κ3) is 9.43. The van der Waals surface area contributed by atoms with Crippen LogP contribution in [0.2, 0.25) is 0 Å². The van der Waals surface area contributed by atoms with Crippen LogP contribution in [0, 0.1) is 11.3 Å². The third-order valence-electron chi connectivity index (χ3n) is 10.7. The van der Waals surface area contributed by atoms with Crippen LogP contribution in [-0.2, 0) is 57.0 Å². The summed E-state index contributed by atoms with van der Waals surface area (Å²) in [7, 11) is 5.93. The van der Waals surface area contributed by atoms with Crippen molar-refractivity contribution in [3.05, 3.63) is 34.9 Å². The lowest BCUT2D eigenvalue weighted by Crippen LogP contribution is -2.65. The van der Waals surface area contributed by atoms with Crippen molar-refractivity contribution in [1.82, 2.24) is 0 Å². The van der Waals surface area contributed by atoms with Crippen molar-refractivity contribution in [2.24, 2.45) is 11.3 Å². The zero-order valence-electron chi connectivity index (χ0n) is 31.8. The Morgan fingerprint density at radius 1 is 0.865 bits per heavy atom. The standard InChI is InChI=1S/C37H57BrO14/c1-19-15-23(13-11-12-14-38)49-33(41)20(2)37(42)18-24(17-26(52-37)36(5,6)25(39)16-19)50-35-32(46-10)31(29(44-8)22(4)48-35)51-34-30(45-9)27(40)28(43-7)21(3)47-34/h11-14,16,20-24,26-32,34-35,40,42H,15,17-18H2,1-10H3. The highest BCUT2D eigenvalue weighted by molar-refractivity contribution is 9.11. The summed E-state index contributed by atoms with van der Waals surface area (Å²) in [5, 5.41) is 23.2. The number of allylic oxidation sites excluding steroid dienone is 3. The fraction of sp³-hybridized carbons (Fsp3) is 0.784. The Balaban J connectivity index is 1.65. The summed E-state index contributed by atoms with van der Waals surface area (Å²) >= 11 is 3.22. The van der Waals surface area contributed by atoms with Crippen LogP contribution >= 0.6 is 15.9 Å². The Labute approximate surface area is 315 Å². The number of hydrogen-bond donors (Lipinski definition) is 2. The Morgan fingerprint density at radius 2 is 1.46 bits per heavy atom. The molecule has 2 bridgehead atoms. The number of carbonyl (C=O) groups is 2. The Hall–Kier alpha value is -1.60. The van der Waals surface area contributed by atoms with Crippen molar-refractivity contribution >= 4 is 27.7 Å². The number of hydrogen-bond acceptors (Lipinski definition) is 14. The van der Waals surface area contributed by atoms with Gasteiger partial charge in [0.2, 0.25) is 0 Å².